The molecule has 0 fully saturated rings. The van der Waals surface area contributed by atoms with Crippen molar-refractivity contribution >= 4 is 27.3 Å². The first kappa shape index (κ1) is 20.3. The van der Waals surface area contributed by atoms with Gasteiger partial charge in [-0.15, -0.1) is 11.3 Å². The number of rotatable bonds is 8. The fraction of sp³-hybridized carbons (Fsp3) is 0.412. The van der Waals surface area contributed by atoms with Gasteiger partial charge in [-0.1, -0.05) is 30.3 Å². The van der Waals surface area contributed by atoms with Crippen molar-refractivity contribution in [3.8, 4) is 0 Å². The molecule has 0 saturated heterocycles. The summed E-state index contributed by atoms with van der Waals surface area (Å²) in [6.45, 7) is 5.13. The molecule has 1 aromatic heterocycles. The van der Waals surface area contributed by atoms with E-state index in [2.05, 4.69) is 25.3 Å². The molecule has 2 aromatic rings. The zero-order valence-electron chi connectivity index (χ0n) is 15.2. The summed E-state index contributed by atoms with van der Waals surface area (Å²) in [6, 6.07) is 9.43. The standard InChI is InChI=1S/C17H25N5O2S2/c1-13-14(2)25-16(22-13)12-20-17(18-3)19-9-10-26(23,24)21-11-15-7-5-4-6-8-15/h4-8,21H,9-12H2,1-3H3,(H2,18,19,20). The molecule has 0 amide bonds. The van der Waals surface area contributed by atoms with E-state index in [9.17, 15) is 8.42 Å². The summed E-state index contributed by atoms with van der Waals surface area (Å²) in [5.74, 6) is 0.518. The van der Waals surface area contributed by atoms with Crippen molar-refractivity contribution < 1.29 is 8.42 Å². The summed E-state index contributed by atoms with van der Waals surface area (Å²) in [5.41, 5.74) is 1.96. The lowest BCUT2D eigenvalue weighted by Gasteiger charge is -2.11. The molecule has 0 aliphatic carbocycles. The van der Waals surface area contributed by atoms with Crippen LogP contribution in [-0.4, -0.2) is 38.7 Å². The van der Waals surface area contributed by atoms with E-state index in [1.54, 1.807) is 18.4 Å². The van der Waals surface area contributed by atoms with Crippen molar-refractivity contribution in [2.24, 2.45) is 4.99 Å². The number of aliphatic imine (C=N–C) groups is 1. The fourth-order valence-corrected chi connectivity index (χ4v) is 3.94. The maximum atomic E-state index is 12.1. The normalized spacial score (nSPS) is 12.2. The fourth-order valence-electron chi connectivity index (χ4n) is 2.16. The lowest BCUT2D eigenvalue weighted by Crippen LogP contribution is -2.40. The number of hydrogen-bond acceptors (Lipinski definition) is 5. The van der Waals surface area contributed by atoms with Gasteiger partial charge in [0.1, 0.15) is 5.01 Å². The van der Waals surface area contributed by atoms with Gasteiger partial charge in [0.05, 0.1) is 18.0 Å². The molecule has 0 aliphatic heterocycles. The third-order valence-electron chi connectivity index (χ3n) is 3.71. The van der Waals surface area contributed by atoms with E-state index in [1.807, 2.05) is 44.2 Å². The van der Waals surface area contributed by atoms with Gasteiger partial charge in [0.2, 0.25) is 10.0 Å². The SMILES string of the molecule is CN=C(NCCS(=O)(=O)NCc1ccccc1)NCc1nc(C)c(C)s1. The second-order valence-corrected chi connectivity index (χ2v) is 8.94. The number of aromatic nitrogens is 1. The molecule has 9 heteroatoms. The van der Waals surface area contributed by atoms with Crippen LogP contribution in [0.2, 0.25) is 0 Å². The van der Waals surface area contributed by atoms with Crippen LogP contribution in [0.5, 0.6) is 0 Å². The van der Waals surface area contributed by atoms with E-state index in [4.69, 9.17) is 0 Å². The molecule has 1 aromatic carbocycles. The van der Waals surface area contributed by atoms with E-state index in [0.717, 1.165) is 16.3 Å². The summed E-state index contributed by atoms with van der Waals surface area (Å²) < 4.78 is 26.7. The molecule has 0 radical (unpaired) electrons. The highest BCUT2D eigenvalue weighted by Crippen LogP contribution is 2.15. The number of aryl methyl sites for hydroxylation is 2. The molecule has 7 nitrogen and oxygen atoms in total. The van der Waals surface area contributed by atoms with Gasteiger partial charge in [-0.05, 0) is 19.4 Å². The summed E-state index contributed by atoms with van der Waals surface area (Å²) in [6.07, 6.45) is 0. The highest BCUT2D eigenvalue weighted by Gasteiger charge is 2.10. The minimum atomic E-state index is -3.36. The number of thiazole rings is 1. The average Bonchev–Trinajstić information content (AvgIpc) is 2.95. The minimum absolute atomic E-state index is 0.0317. The number of nitrogens with zero attached hydrogens (tertiary/aromatic N) is 2. The van der Waals surface area contributed by atoms with Gasteiger partial charge in [0.15, 0.2) is 5.96 Å². The number of benzene rings is 1. The van der Waals surface area contributed by atoms with Crippen LogP contribution in [0.1, 0.15) is 21.1 Å². The Balaban J connectivity index is 1.73. The van der Waals surface area contributed by atoms with Crippen LogP contribution in [0.3, 0.4) is 0 Å². The average molecular weight is 396 g/mol. The third-order valence-corrected chi connectivity index (χ3v) is 6.10. The Morgan fingerprint density at radius 3 is 2.50 bits per heavy atom. The monoisotopic (exact) mass is 395 g/mol. The third kappa shape index (κ3) is 6.74. The Bertz CT molecular complexity index is 813. The van der Waals surface area contributed by atoms with Crippen LogP contribution in [0.15, 0.2) is 35.3 Å². The molecule has 3 N–H and O–H groups in total. The molecule has 0 saturated carbocycles. The topological polar surface area (TPSA) is 95.5 Å². The van der Waals surface area contributed by atoms with E-state index >= 15 is 0 Å². The van der Waals surface area contributed by atoms with E-state index in [-0.39, 0.29) is 12.3 Å². The van der Waals surface area contributed by atoms with Gasteiger partial charge < -0.3 is 10.6 Å². The molecule has 2 rings (SSSR count). The lowest BCUT2D eigenvalue weighted by atomic mass is 10.2. The van der Waals surface area contributed by atoms with E-state index in [0.29, 0.717) is 19.0 Å². The second-order valence-electron chi connectivity index (χ2n) is 5.73. The zero-order chi connectivity index (χ0) is 19.0. The van der Waals surface area contributed by atoms with Crippen LogP contribution < -0.4 is 15.4 Å². The Kier molecular flexibility index (Phi) is 7.55. The number of guanidine groups is 1. The van der Waals surface area contributed by atoms with Crippen molar-refractivity contribution in [1.82, 2.24) is 20.3 Å². The van der Waals surface area contributed by atoms with Crippen molar-refractivity contribution in [2.45, 2.75) is 26.9 Å². The van der Waals surface area contributed by atoms with Crippen molar-refractivity contribution in [3.05, 3.63) is 51.5 Å². The molecular formula is C17H25N5O2S2. The first-order valence-corrected chi connectivity index (χ1v) is 10.7. The van der Waals surface area contributed by atoms with Gasteiger partial charge in [-0.25, -0.2) is 18.1 Å². The molecule has 0 aliphatic rings. The molecule has 0 spiro atoms. The largest absolute Gasteiger partial charge is 0.355 e. The smallest absolute Gasteiger partial charge is 0.213 e. The predicted octanol–water partition coefficient (Wildman–Crippen LogP) is 1.54. The summed E-state index contributed by atoms with van der Waals surface area (Å²) >= 11 is 1.64. The van der Waals surface area contributed by atoms with Crippen molar-refractivity contribution in [1.29, 1.82) is 0 Å². The Labute approximate surface area is 159 Å². The van der Waals surface area contributed by atoms with Crippen LogP contribution in [0.4, 0.5) is 0 Å². The Morgan fingerprint density at radius 1 is 1.15 bits per heavy atom. The van der Waals surface area contributed by atoms with Crippen molar-refractivity contribution in [2.75, 3.05) is 19.3 Å². The van der Waals surface area contributed by atoms with Crippen molar-refractivity contribution in [3.63, 3.8) is 0 Å². The Morgan fingerprint density at radius 2 is 1.88 bits per heavy atom. The minimum Gasteiger partial charge on any atom is -0.355 e. The van der Waals surface area contributed by atoms with Crippen LogP contribution in [-0.2, 0) is 23.1 Å². The van der Waals surface area contributed by atoms with Crippen LogP contribution >= 0.6 is 11.3 Å². The molecule has 142 valence electrons. The maximum Gasteiger partial charge on any atom is 0.213 e. The van der Waals surface area contributed by atoms with Gasteiger partial charge in [0, 0.05) is 25.0 Å². The summed E-state index contributed by atoms with van der Waals surface area (Å²) in [4.78, 5) is 9.75. The number of nitrogens with one attached hydrogen (secondary N) is 3. The summed E-state index contributed by atoms with van der Waals surface area (Å²) in [5, 5.41) is 7.13. The van der Waals surface area contributed by atoms with E-state index in [1.165, 1.54) is 4.88 Å². The first-order valence-electron chi connectivity index (χ1n) is 8.28. The highest BCUT2D eigenvalue weighted by molar-refractivity contribution is 7.89. The predicted molar refractivity (Wildman–Crippen MR) is 107 cm³/mol. The van der Waals surface area contributed by atoms with Crippen LogP contribution in [0, 0.1) is 13.8 Å². The number of sulfonamides is 1. The summed E-state index contributed by atoms with van der Waals surface area (Å²) in [7, 11) is -1.71. The quantitative estimate of drug-likeness (QED) is 0.466. The maximum absolute atomic E-state index is 12.1. The van der Waals surface area contributed by atoms with Gasteiger partial charge in [0.25, 0.3) is 0 Å². The molecule has 26 heavy (non-hydrogen) atoms. The molecular weight excluding hydrogens is 370 g/mol. The second kappa shape index (κ2) is 9.65. The van der Waals surface area contributed by atoms with Gasteiger partial charge in [-0.3, -0.25) is 4.99 Å². The van der Waals surface area contributed by atoms with Gasteiger partial charge in [-0.2, -0.15) is 0 Å². The molecule has 0 unspecified atom stereocenters. The number of hydrogen-bond donors (Lipinski definition) is 3. The highest BCUT2D eigenvalue weighted by atomic mass is 32.2. The molecule has 0 bridgehead atoms. The molecule has 0 atom stereocenters. The lowest BCUT2D eigenvalue weighted by molar-refractivity contribution is 0.580. The zero-order valence-corrected chi connectivity index (χ0v) is 16.9. The van der Waals surface area contributed by atoms with Gasteiger partial charge >= 0.3 is 0 Å². The first-order chi connectivity index (χ1) is 12.4. The van der Waals surface area contributed by atoms with Crippen LogP contribution in [0.25, 0.3) is 0 Å². The Hall–Kier alpha value is -1.97. The van der Waals surface area contributed by atoms with E-state index < -0.39 is 10.0 Å². The molecule has 1 heterocycles.